The molecule has 1 saturated heterocycles. The molecular formula is C22H25F2N3O4. The number of nitrogens with one attached hydrogen (secondary N) is 3. The van der Waals surface area contributed by atoms with Crippen LogP contribution < -0.4 is 16.0 Å². The second-order valence-corrected chi connectivity index (χ2v) is 7.35. The number of benzene rings is 2. The quantitative estimate of drug-likeness (QED) is 0.540. The van der Waals surface area contributed by atoms with Gasteiger partial charge in [-0.15, -0.1) is 0 Å². The molecule has 3 atom stereocenters. The van der Waals surface area contributed by atoms with E-state index in [2.05, 4.69) is 16.0 Å². The number of amides is 3. The molecule has 3 amide bonds. The van der Waals surface area contributed by atoms with Crippen molar-refractivity contribution in [3.63, 3.8) is 0 Å². The molecule has 0 spiro atoms. The van der Waals surface area contributed by atoms with E-state index in [0.29, 0.717) is 12.8 Å². The summed E-state index contributed by atoms with van der Waals surface area (Å²) in [4.78, 5) is 24.4. The highest BCUT2D eigenvalue weighted by atomic mass is 19.1. The van der Waals surface area contributed by atoms with Crippen LogP contribution >= 0.6 is 0 Å². The Kier molecular flexibility index (Phi) is 7.91. The van der Waals surface area contributed by atoms with Crippen molar-refractivity contribution < 1.29 is 28.2 Å². The minimum absolute atomic E-state index is 0.0491. The molecule has 4 N–H and O–H groups in total. The first-order valence-corrected chi connectivity index (χ1v) is 10.0. The number of hydrogen-bond donors (Lipinski definition) is 4. The molecule has 1 aliphatic rings. The molecule has 0 aliphatic carbocycles. The molecule has 2 aromatic carbocycles. The first-order valence-electron chi connectivity index (χ1n) is 10.0. The second kappa shape index (κ2) is 10.8. The Bertz CT molecular complexity index is 895. The van der Waals surface area contributed by atoms with Gasteiger partial charge in [-0.05, 0) is 42.7 Å². The fraction of sp³-hybridized carbons (Fsp3) is 0.364. The number of rotatable bonds is 7. The van der Waals surface area contributed by atoms with Crippen molar-refractivity contribution in [2.75, 3.05) is 11.9 Å². The fourth-order valence-electron chi connectivity index (χ4n) is 3.42. The lowest BCUT2D eigenvalue weighted by molar-refractivity contribution is -0.130. The zero-order valence-corrected chi connectivity index (χ0v) is 16.8. The molecular weight excluding hydrogens is 408 g/mol. The van der Waals surface area contributed by atoms with E-state index in [1.54, 1.807) is 18.2 Å². The third-order valence-electron chi connectivity index (χ3n) is 5.05. The summed E-state index contributed by atoms with van der Waals surface area (Å²) in [6.45, 7) is -0.0615. The van der Waals surface area contributed by atoms with Crippen LogP contribution in [0.25, 0.3) is 0 Å². The van der Waals surface area contributed by atoms with Crippen LogP contribution in [0.5, 0.6) is 0 Å². The molecule has 1 fully saturated rings. The molecule has 7 nitrogen and oxygen atoms in total. The fourth-order valence-corrected chi connectivity index (χ4v) is 3.42. The molecule has 3 rings (SSSR count). The lowest BCUT2D eigenvalue weighted by Crippen LogP contribution is -2.52. The SMILES string of the molecule is O=C(C[C@H]1CC[C@@H](NC(=O)Nc2ccccc2F)[C@H](CO)O1)NCc1ccc(F)cc1. The normalized spacial score (nSPS) is 20.7. The minimum Gasteiger partial charge on any atom is -0.394 e. The van der Waals surface area contributed by atoms with Gasteiger partial charge in [0.25, 0.3) is 0 Å². The topological polar surface area (TPSA) is 99.7 Å². The van der Waals surface area contributed by atoms with Gasteiger partial charge in [0, 0.05) is 6.54 Å². The molecule has 2 aromatic rings. The van der Waals surface area contributed by atoms with E-state index in [9.17, 15) is 23.5 Å². The van der Waals surface area contributed by atoms with Crippen LogP contribution in [0.4, 0.5) is 19.3 Å². The Morgan fingerprint density at radius 3 is 2.52 bits per heavy atom. The number of urea groups is 1. The zero-order chi connectivity index (χ0) is 22.2. The van der Waals surface area contributed by atoms with Crippen molar-refractivity contribution in [2.24, 2.45) is 0 Å². The van der Waals surface area contributed by atoms with E-state index in [4.69, 9.17) is 4.74 Å². The number of halogens is 2. The molecule has 166 valence electrons. The Morgan fingerprint density at radius 1 is 1.06 bits per heavy atom. The van der Waals surface area contributed by atoms with Gasteiger partial charge in [0.15, 0.2) is 0 Å². The molecule has 0 aromatic heterocycles. The minimum atomic E-state index is -0.685. The van der Waals surface area contributed by atoms with Crippen LogP contribution in [0.15, 0.2) is 48.5 Å². The van der Waals surface area contributed by atoms with E-state index in [0.717, 1.165) is 5.56 Å². The van der Waals surface area contributed by atoms with Gasteiger partial charge in [0.1, 0.15) is 17.7 Å². The Labute approximate surface area is 178 Å². The van der Waals surface area contributed by atoms with Gasteiger partial charge >= 0.3 is 6.03 Å². The summed E-state index contributed by atoms with van der Waals surface area (Å²) >= 11 is 0. The lowest BCUT2D eigenvalue weighted by Gasteiger charge is -2.35. The van der Waals surface area contributed by atoms with Gasteiger partial charge in [0.05, 0.1) is 30.9 Å². The van der Waals surface area contributed by atoms with Crippen LogP contribution in [0.3, 0.4) is 0 Å². The third-order valence-corrected chi connectivity index (χ3v) is 5.05. The van der Waals surface area contributed by atoms with E-state index >= 15 is 0 Å². The molecule has 0 saturated carbocycles. The Morgan fingerprint density at radius 2 is 1.81 bits per heavy atom. The molecule has 0 radical (unpaired) electrons. The van der Waals surface area contributed by atoms with E-state index in [1.807, 2.05) is 0 Å². The zero-order valence-electron chi connectivity index (χ0n) is 16.8. The van der Waals surface area contributed by atoms with Gasteiger partial charge in [-0.1, -0.05) is 24.3 Å². The number of anilines is 1. The highest BCUT2D eigenvalue weighted by Crippen LogP contribution is 2.22. The monoisotopic (exact) mass is 433 g/mol. The van der Waals surface area contributed by atoms with Gasteiger partial charge in [0.2, 0.25) is 5.91 Å². The van der Waals surface area contributed by atoms with Crippen molar-refractivity contribution in [1.29, 1.82) is 0 Å². The van der Waals surface area contributed by atoms with E-state index < -0.39 is 30.1 Å². The molecule has 0 bridgehead atoms. The Balaban J connectivity index is 1.45. The molecule has 9 heteroatoms. The number of aliphatic hydroxyl groups is 1. The summed E-state index contributed by atoms with van der Waals surface area (Å²) in [6, 6.07) is 10.6. The van der Waals surface area contributed by atoms with Crippen LogP contribution in [-0.4, -0.2) is 41.9 Å². The van der Waals surface area contributed by atoms with Gasteiger partial charge in [-0.3, -0.25) is 4.79 Å². The maximum Gasteiger partial charge on any atom is 0.319 e. The number of hydrogen-bond acceptors (Lipinski definition) is 4. The maximum atomic E-state index is 13.7. The third kappa shape index (κ3) is 6.73. The van der Waals surface area contributed by atoms with Crippen molar-refractivity contribution >= 4 is 17.6 Å². The van der Waals surface area contributed by atoms with E-state index in [-0.39, 0.29) is 37.0 Å². The van der Waals surface area contributed by atoms with Gasteiger partial charge in [-0.25, -0.2) is 13.6 Å². The summed E-state index contributed by atoms with van der Waals surface area (Å²) < 4.78 is 32.4. The van der Waals surface area contributed by atoms with Crippen molar-refractivity contribution in [2.45, 2.75) is 44.1 Å². The second-order valence-electron chi connectivity index (χ2n) is 7.35. The van der Waals surface area contributed by atoms with Crippen molar-refractivity contribution in [1.82, 2.24) is 10.6 Å². The van der Waals surface area contributed by atoms with Gasteiger partial charge in [-0.2, -0.15) is 0 Å². The van der Waals surface area contributed by atoms with Gasteiger partial charge < -0.3 is 25.8 Å². The van der Waals surface area contributed by atoms with Crippen LogP contribution in [0, 0.1) is 11.6 Å². The van der Waals surface area contributed by atoms with Crippen molar-refractivity contribution in [3.8, 4) is 0 Å². The predicted octanol–water partition coefficient (Wildman–Crippen LogP) is 2.70. The summed E-state index contributed by atoms with van der Waals surface area (Å²) in [5.41, 5.74) is 0.825. The smallest absolute Gasteiger partial charge is 0.319 e. The molecule has 31 heavy (non-hydrogen) atoms. The van der Waals surface area contributed by atoms with Crippen LogP contribution in [-0.2, 0) is 16.1 Å². The largest absolute Gasteiger partial charge is 0.394 e. The number of ether oxygens (including phenoxy) is 1. The highest BCUT2D eigenvalue weighted by molar-refractivity contribution is 5.89. The summed E-state index contributed by atoms with van der Waals surface area (Å²) in [5, 5.41) is 17.5. The average Bonchev–Trinajstić information content (AvgIpc) is 2.76. The molecule has 0 unspecified atom stereocenters. The van der Waals surface area contributed by atoms with Crippen molar-refractivity contribution in [3.05, 3.63) is 65.7 Å². The summed E-state index contributed by atoms with van der Waals surface area (Å²) in [6.07, 6.45) is 0.0102. The lowest BCUT2D eigenvalue weighted by atomic mass is 9.97. The number of para-hydroxylation sites is 1. The van der Waals surface area contributed by atoms with Crippen LogP contribution in [0.2, 0.25) is 0 Å². The first kappa shape index (κ1) is 22.6. The molecule has 1 heterocycles. The molecule has 1 aliphatic heterocycles. The summed E-state index contributed by atoms with van der Waals surface area (Å²) in [5.74, 6) is -1.12. The predicted molar refractivity (Wildman–Crippen MR) is 110 cm³/mol. The summed E-state index contributed by atoms with van der Waals surface area (Å²) in [7, 11) is 0. The number of carbonyl (C=O) groups excluding carboxylic acids is 2. The number of carbonyl (C=O) groups is 2. The highest BCUT2D eigenvalue weighted by Gasteiger charge is 2.33. The Hall–Kier alpha value is -3.04. The van der Waals surface area contributed by atoms with E-state index in [1.165, 1.54) is 30.3 Å². The first-order chi connectivity index (χ1) is 14.9. The average molecular weight is 433 g/mol. The van der Waals surface area contributed by atoms with Crippen LogP contribution in [0.1, 0.15) is 24.8 Å². The standard InChI is InChI=1S/C22H25F2N3O4/c23-15-7-5-14(6-8-15)12-25-21(29)11-16-9-10-19(20(13-28)31-16)27-22(30)26-18-4-2-1-3-17(18)24/h1-8,16,19-20,28H,9-13H2,(H,25,29)(H2,26,27,30)/t16-,19-,20+/m1/s1. The number of aliphatic hydroxyl groups excluding tert-OH is 1. The maximum absolute atomic E-state index is 13.7.